The van der Waals surface area contributed by atoms with Gasteiger partial charge in [-0.15, -0.1) is 0 Å². The average molecular weight is 365 g/mol. The standard InChI is InChI=1S/C21H23N3O3/c1-26-18-9-7-17(8-10-18)20(15-22)23-11-13-24(14-12-23)21(25)16-27-19-5-3-2-4-6-19/h2-10,20H,11-14,16H2,1H3. The number of rotatable bonds is 6. The summed E-state index contributed by atoms with van der Waals surface area (Å²) in [5.74, 6) is 1.43. The number of ether oxygens (including phenoxy) is 2. The Labute approximate surface area is 159 Å². The summed E-state index contributed by atoms with van der Waals surface area (Å²) in [7, 11) is 1.62. The molecule has 1 saturated heterocycles. The van der Waals surface area contributed by atoms with E-state index in [1.54, 1.807) is 12.0 Å². The summed E-state index contributed by atoms with van der Waals surface area (Å²) < 4.78 is 10.7. The van der Waals surface area contributed by atoms with Gasteiger partial charge in [-0.2, -0.15) is 5.26 Å². The van der Waals surface area contributed by atoms with Crippen molar-refractivity contribution >= 4 is 5.91 Å². The Morgan fingerprint density at radius 1 is 1.04 bits per heavy atom. The first-order valence-corrected chi connectivity index (χ1v) is 8.94. The monoisotopic (exact) mass is 365 g/mol. The number of amides is 1. The topological polar surface area (TPSA) is 65.8 Å². The number of nitriles is 1. The SMILES string of the molecule is COc1ccc(C(C#N)N2CCN(C(=O)COc3ccccc3)CC2)cc1. The number of piperazine rings is 1. The Morgan fingerprint density at radius 2 is 1.70 bits per heavy atom. The molecule has 6 nitrogen and oxygen atoms in total. The van der Waals surface area contributed by atoms with E-state index in [0.29, 0.717) is 31.9 Å². The molecule has 2 aromatic rings. The van der Waals surface area contributed by atoms with Crippen molar-refractivity contribution in [1.29, 1.82) is 5.26 Å². The minimum absolute atomic E-state index is 0.0311. The maximum Gasteiger partial charge on any atom is 0.260 e. The third-order valence-electron chi connectivity index (χ3n) is 4.69. The number of nitrogens with zero attached hydrogens (tertiary/aromatic N) is 3. The van der Waals surface area contributed by atoms with Crippen molar-refractivity contribution in [1.82, 2.24) is 9.80 Å². The molecule has 0 radical (unpaired) electrons. The summed E-state index contributed by atoms with van der Waals surface area (Å²) in [5.41, 5.74) is 0.936. The number of benzene rings is 2. The minimum Gasteiger partial charge on any atom is -0.497 e. The van der Waals surface area contributed by atoms with Crippen molar-refractivity contribution in [2.45, 2.75) is 6.04 Å². The fourth-order valence-electron chi connectivity index (χ4n) is 3.14. The molecule has 0 spiro atoms. The molecule has 1 atom stereocenters. The molecule has 6 heteroatoms. The van der Waals surface area contributed by atoms with Crippen molar-refractivity contribution in [2.24, 2.45) is 0 Å². The van der Waals surface area contributed by atoms with E-state index in [1.807, 2.05) is 54.6 Å². The largest absolute Gasteiger partial charge is 0.497 e. The lowest BCUT2D eigenvalue weighted by molar-refractivity contribution is -0.135. The molecule has 140 valence electrons. The normalized spacial score (nSPS) is 15.6. The molecule has 2 aromatic carbocycles. The van der Waals surface area contributed by atoms with Gasteiger partial charge >= 0.3 is 0 Å². The maximum absolute atomic E-state index is 12.4. The zero-order valence-corrected chi connectivity index (χ0v) is 15.4. The fraction of sp³-hybridized carbons (Fsp3) is 0.333. The second kappa shape index (κ2) is 9.06. The molecule has 27 heavy (non-hydrogen) atoms. The van der Waals surface area contributed by atoms with Crippen LogP contribution in [0.15, 0.2) is 54.6 Å². The van der Waals surface area contributed by atoms with Gasteiger partial charge in [-0.3, -0.25) is 9.69 Å². The quantitative estimate of drug-likeness (QED) is 0.787. The van der Waals surface area contributed by atoms with Gasteiger partial charge < -0.3 is 14.4 Å². The summed E-state index contributed by atoms with van der Waals surface area (Å²) >= 11 is 0. The van der Waals surface area contributed by atoms with Gasteiger partial charge in [-0.25, -0.2) is 0 Å². The van der Waals surface area contributed by atoms with E-state index in [4.69, 9.17) is 9.47 Å². The number of carbonyl (C=O) groups is 1. The highest BCUT2D eigenvalue weighted by Crippen LogP contribution is 2.24. The Balaban J connectivity index is 1.52. The Bertz CT molecular complexity index is 779. The van der Waals surface area contributed by atoms with Crippen LogP contribution in [0.5, 0.6) is 11.5 Å². The van der Waals surface area contributed by atoms with Crippen molar-refractivity contribution in [3.63, 3.8) is 0 Å². The van der Waals surface area contributed by atoms with Crippen molar-refractivity contribution in [3.05, 3.63) is 60.2 Å². The van der Waals surface area contributed by atoms with Gasteiger partial charge in [0.2, 0.25) is 0 Å². The van der Waals surface area contributed by atoms with Crippen molar-refractivity contribution in [3.8, 4) is 17.6 Å². The first kappa shape index (κ1) is 18.7. The predicted molar refractivity (Wildman–Crippen MR) is 101 cm³/mol. The van der Waals surface area contributed by atoms with Crippen LogP contribution in [0.25, 0.3) is 0 Å². The van der Waals surface area contributed by atoms with Crippen LogP contribution < -0.4 is 9.47 Å². The maximum atomic E-state index is 12.4. The summed E-state index contributed by atoms with van der Waals surface area (Å²) in [5, 5.41) is 9.62. The van der Waals surface area contributed by atoms with Gasteiger partial charge in [-0.05, 0) is 29.8 Å². The van der Waals surface area contributed by atoms with E-state index in [1.165, 1.54) is 0 Å². The molecule has 3 rings (SSSR count). The highest BCUT2D eigenvalue weighted by atomic mass is 16.5. The number of hydrogen-bond acceptors (Lipinski definition) is 5. The van der Waals surface area contributed by atoms with Crippen LogP contribution in [0.4, 0.5) is 0 Å². The summed E-state index contributed by atoms with van der Waals surface area (Å²) in [4.78, 5) is 16.3. The van der Waals surface area contributed by atoms with Crippen LogP contribution in [0.3, 0.4) is 0 Å². The van der Waals surface area contributed by atoms with Crippen molar-refractivity contribution < 1.29 is 14.3 Å². The first-order valence-electron chi connectivity index (χ1n) is 8.94. The number of para-hydroxylation sites is 1. The van der Waals surface area contributed by atoms with Crippen LogP contribution in [0, 0.1) is 11.3 Å². The molecule has 1 fully saturated rings. The zero-order chi connectivity index (χ0) is 19.1. The molecular formula is C21H23N3O3. The lowest BCUT2D eigenvalue weighted by Gasteiger charge is -2.37. The molecule has 1 heterocycles. The summed E-state index contributed by atoms with van der Waals surface area (Å²) in [6.45, 7) is 2.52. The lowest BCUT2D eigenvalue weighted by atomic mass is 10.1. The fourth-order valence-corrected chi connectivity index (χ4v) is 3.14. The summed E-state index contributed by atoms with van der Waals surface area (Å²) in [6.07, 6.45) is 0. The average Bonchev–Trinajstić information content (AvgIpc) is 2.74. The Morgan fingerprint density at radius 3 is 2.30 bits per heavy atom. The smallest absolute Gasteiger partial charge is 0.260 e. The molecule has 1 aliphatic rings. The van der Waals surface area contributed by atoms with E-state index in [0.717, 1.165) is 11.3 Å². The Hall–Kier alpha value is -3.04. The van der Waals surface area contributed by atoms with E-state index < -0.39 is 0 Å². The zero-order valence-electron chi connectivity index (χ0n) is 15.4. The molecule has 1 unspecified atom stereocenters. The molecule has 1 aliphatic heterocycles. The number of hydrogen-bond donors (Lipinski definition) is 0. The third kappa shape index (κ3) is 4.78. The molecule has 0 bridgehead atoms. The van der Waals surface area contributed by atoms with Gasteiger partial charge in [0.1, 0.15) is 17.5 Å². The van der Waals surface area contributed by atoms with Gasteiger partial charge in [0.05, 0.1) is 13.2 Å². The number of carbonyl (C=O) groups excluding carboxylic acids is 1. The van der Waals surface area contributed by atoms with Crippen LogP contribution in [-0.2, 0) is 4.79 Å². The van der Waals surface area contributed by atoms with Crippen LogP contribution in [0.2, 0.25) is 0 Å². The lowest BCUT2D eigenvalue weighted by Crippen LogP contribution is -2.50. The second-order valence-corrected chi connectivity index (χ2v) is 6.32. The van der Waals surface area contributed by atoms with Crippen LogP contribution >= 0.6 is 0 Å². The van der Waals surface area contributed by atoms with E-state index in [9.17, 15) is 10.1 Å². The molecule has 0 aliphatic carbocycles. The van der Waals surface area contributed by atoms with Gasteiger partial charge in [0.25, 0.3) is 5.91 Å². The van der Waals surface area contributed by atoms with Gasteiger partial charge in [-0.1, -0.05) is 30.3 Å². The molecule has 0 saturated carbocycles. The van der Waals surface area contributed by atoms with E-state index in [2.05, 4.69) is 11.0 Å². The van der Waals surface area contributed by atoms with Gasteiger partial charge in [0, 0.05) is 26.2 Å². The third-order valence-corrected chi connectivity index (χ3v) is 4.69. The highest BCUT2D eigenvalue weighted by Gasteiger charge is 2.27. The number of methoxy groups -OCH3 is 1. The minimum atomic E-state index is -0.325. The first-order chi connectivity index (χ1) is 13.2. The van der Waals surface area contributed by atoms with Crippen molar-refractivity contribution in [2.75, 3.05) is 39.9 Å². The highest BCUT2D eigenvalue weighted by molar-refractivity contribution is 5.77. The van der Waals surface area contributed by atoms with E-state index >= 15 is 0 Å². The van der Waals surface area contributed by atoms with Gasteiger partial charge in [0.15, 0.2) is 6.61 Å². The molecule has 0 aromatic heterocycles. The Kier molecular flexibility index (Phi) is 6.29. The molecular weight excluding hydrogens is 342 g/mol. The summed E-state index contributed by atoms with van der Waals surface area (Å²) in [6, 6.07) is 18.9. The van der Waals surface area contributed by atoms with Crippen LogP contribution in [-0.4, -0.2) is 55.6 Å². The van der Waals surface area contributed by atoms with Crippen LogP contribution in [0.1, 0.15) is 11.6 Å². The molecule has 1 amide bonds. The van der Waals surface area contributed by atoms with E-state index in [-0.39, 0.29) is 18.6 Å². The molecule has 0 N–H and O–H groups in total. The predicted octanol–water partition coefficient (Wildman–Crippen LogP) is 2.48. The second-order valence-electron chi connectivity index (χ2n) is 6.32.